The van der Waals surface area contributed by atoms with E-state index >= 15 is 0 Å². The number of fused-ring (bicyclic) bond motifs is 9. The number of hydrogen-bond donors (Lipinski definition) is 0. The Bertz CT molecular complexity index is 3300. The van der Waals surface area contributed by atoms with Crippen molar-refractivity contribution >= 4 is 60.4 Å². The van der Waals surface area contributed by atoms with Crippen molar-refractivity contribution in [2.45, 2.75) is 46.5 Å². The van der Waals surface area contributed by atoms with Crippen molar-refractivity contribution in [3.63, 3.8) is 0 Å². The SMILES string of the molecule is [2H]c1c([2H])c([2H])c2c(c1[2H])c1c([2H])c([2H])c([2H])c([2H])c1n2-c1ccc2cc3c(cc2c1)-c1cc2cc(N(c4cccc(C(C)C)c4)c4cc(C(C)C)ccc4C)ccc2cc1-3. The fourth-order valence-electron chi connectivity index (χ4n) is 8.03. The largest absolute Gasteiger partial charge is 0.310 e. The summed E-state index contributed by atoms with van der Waals surface area (Å²) in [6.07, 6.45) is 0. The van der Waals surface area contributed by atoms with E-state index in [0.717, 1.165) is 55.3 Å². The van der Waals surface area contributed by atoms with E-state index in [9.17, 15) is 0 Å². The van der Waals surface area contributed by atoms with Gasteiger partial charge in [0.2, 0.25) is 0 Å². The third-order valence-corrected chi connectivity index (χ3v) is 11.0. The zero-order valence-corrected chi connectivity index (χ0v) is 30.4. The lowest BCUT2D eigenvalue weighted by atomic mass is 9.78. The van der Waals surface area contributed by atoms with E-state index in [4.69, 9.17) is 11.0 Å². The molecule has 1 aromatic heterocycles. The standard InChI is InChI=1S/C51H42N2/c1-31(2)34-11-10-12-40(23-34)52(51-30-35(32(3)4)18-17-33(51)5)41-21-19-36-26-45-46-27-37-20-22-42(25-39(37)29-48(46)47(45)28-38(36)24-41)53-49-15-8-6-13-43(49)44-14-7-9-16-50(44)53/h6-32H,1-5H3/i6D,7D,8D,9D,13D,14D,15D,16D. The van der Waals surface area contributed by atoms with Crippen LogP contribution in [0.4, 0.5) is 17.1 Å². The van der Waals surface area contributed by atoms with Crippen molar-refractivity contribution in [1.29, 1.82) is 0 Å². The molecule has 1 aliphatic carbocycles. The van der Waals surface area contributed by atoms with Gasteiger partial charge in [0.15, 0.2) is 0 Å². The third-order valence-electron chi connectivity index (χ3n) is 11.0. The van der Waals surface area contributed by atoms with Gasteiger partial charge in [0, 0.05) is 33.5 Å². The average Bonchev–Trinajstić information content (AvgIpc) is 3.62. The summed E-state index contributed by atoms with van der Waals surface area (Å²) in [6, 6.07) is 33.8. The smallest absolute Gasteiger partial charge is 0.0645 e. The van der Waals surface area contributed by atoms with E-state index in [1.54, 1.807) is 4.57 Å². The Balaban J connectivity index is 1.13. The Morgan fingerprint density at radius 3 is 1.70 bits per heavy atom. The van der Waals surface area contributed by atoms with Gasteiger partial charge in [0.1, 0.15) is 0 Å². The van der Waals surface area contributed by atoms with Crippen LogP contribution in [0.2, 0.25) is 0 Å². The number of benzene rings is 8. The van der Waals surface area contributed by atoms with E-state index in [0.29, 0.717) is 17.5 Å². The Labute approximate surface area is 322 Å². The van der Waals surface area contributed by atoms with Crippen molar-refractivity contribution in [2.24, 2.45) is 0 Å². The van der Waals surface area contributed by atoms with Gasteiger partial charge in [-0.05, 0) is 158 Å². The van der Waals surface area contributed by atoms with Crippen LogP contribution in [0.3, 0.4) is 0 Å². The Morgan fingerprint density at radius 2 is 1.06 bits per heavy atom. The normalized spacial score (nSPS) is 14.3. The molecule has 0 amide bonds. The maximum Gasteiger partial charge on any atom is 0.0645 e. The summed E-state index contributed by atoms with van der Waals surface area (Å²) in [5, 5.41) is 4.27. The maximum absolute atomic E-state index is 8.95. The van der Waals surface area contributed by atoms with Crippen molar-refractivity contribution in [2.75, 3.05) is 4.90 Å². The first-order valence-electron chi connectivity index (χ1n) is 22.3. The number of anilines is 3. The minimum Gasteiger partial charge on any atom is -0.310 e. The van der Waals surface area contributed by atoms with E-state index in [1.807, 2.05) is 18.2 Å². The lowest BCUT2D eigenvalue weighted by molar-refractivity contribution is 0.864. The molecule has 0 unspecified atom stereocenters. The summed E-state index contributed by atoms with van der Waals surface area (Å²) in [6.45, 7) is 11.1. The summed E-state index contributed by atoms with van der Waals surface area (Å²) < 4.78 is 70.9. The number of para-hydroxylation sites is 2. The first kappa shape index (κ1) is 24.2. The van der Waals surface area contributed by atoms with Gasteiger partial charge in [0.25, 0.3) is 0 Å². The first-order valence-corrected chi connectivity index (χ1v) is 18.3. The molecule has 0 fully saturated rings. The molecule has 256 valence electrons. The highest BCUT2D eigenvalue weighted by molar-refractivity contribution is 6.13. The average molecular weight is 691 g/mol. The van der Waals surface area contributed by atoms with Crippen LogP contribution in [0.1, 0.15) is 67.2 Å². The predicted molar refractivity (Wildman–Crippen MR) is 228 cm³/mol. The minimum absolute atomic E-state index is 0.0689. The second-order valence-electron chi connectivity index (χ2n) is 14.9. The highest BCUT2D eigenvalue weighted by Crippen LogP contribution is 2.51. The third kappa shape index (κ3) is 5.00. The van der Waals surface area contributed by atoms with Gasteiger partial charge < -0.3 is 9.47 Å². The molecule has 0 aliphatic heterocycles. The topological polar surface area (TPSA) is 8.17 Å². The van der Waals surface area contributed by atoms with Crippen molar-refractivity contribution in [3.8, 4) is 27.9 Å². The van der Waals surface area contributed by atoms with Crippen LogP contribution in [-0.4, -0.2) is 4.57 Å². The van der Waals surface area contributed by atoms with Crippen molar-refractivity contribution in [1.82, 2.24) is 4.57 Å². The summed E-state index contributed by atoms with van der Waals surface area (Å²) >= 11 is 0. The van der Waals surface area contributed by atoms with Gasteiger partial charge >= 0.3 is 0 Å². The molecule has 0 spiro atoms. The molecule has 9 aromatic rings. The van der Waals surface area contributed by atoms with Crippen LogP contribution in [0.25, 0.3) is 71.3 Å². The summed E-state index contributed by atoms with van der Waals surface area (Å²) in [4.78, 5) is 2.38. The zero-order valence-electron chi connectivity index (χ0n) is 38.4. The lowest BCUT2D eigenvalue weighted by Crippen LogP contribution is -2.12. The quantitative estimate of drug-likeness (QED) is 0.169. The summed E-state index contributed by atoms with van der Waals surface area (Å²) in [7, 11) is 0. The molecule has 1 heterocycles. The van der Waals surface area contributed by atoms with Gasteiger partial charge in [-0.25, -0.2) is 0 Å². The minimum atomic E-state index is -0.455. The molecule has 0 atom stereocenters. The molecule has 10 rings (SSSR count). The number of aryl methyl sites for hydroxylation is 1. The fraction of sp³-hybridized carbons (Fsp3) is 0.137. The highest BCUT2D eigenvalue weighted by Gasteiger charge is 2.25. The summed E-state index contributed by atoms with van der Waals surface area (Å²) in [5.74, 6) is 0.763. The van der Waals surface area contributed by atoms with E-state index in [2.05, 4.69) is 124 Å². The molecular weight excluding hydrogens is 641 g/mol. The molecule has 0 radical (unpaired) electrons. The van der Waals surface area contributed by atoms with Crippen LogP contribution >= 0.6 is 0 Å². The number of hydrogen-bond acceptors (Lipinski definition) is 1. The van der Waals surface area contributed by atoms with E-state index in [-0.39, 0.29) is 46.0 Å². The van der Waals surface area contributed by atoms with E-state index in [1.165, 1.54) is 22.3 Å². The number of aromatic nitrogens is 1. The van der Waals surface area contributed by atoms with Crippen molar-refractivity contribution < 1.29 is 11.0 Å². The second kappa shape index (κ2) is 12.0. The number of rotatable bonds is 6. The number of nitrogens with zero attached hydrogens (tertiary/aromatic N) is 2. The molecule has 1 aliphatic rings. The molecule has 2 nitrogen and oxygen atoms in total. The first-order chi connectivity index (χ1) is 29.1. The Kier molecular flexibility index (Phi) is 5.46. The zero-order chi connectivity index (χ0) is 42.9. The second-order valence-corrected chi connectivity index (χ2v) is 14.9. The fourth-order valence-corrected chi connectivity index (χ4v) is 8.03. The molecule has 8 aromatic carbocycles. The molecule has 0 saturated heterocycles. The van der Waals surface area contributed by atoms with Gasteiger partial charge in [-0.3, -0.25) is 0 Å². The molecule has 53 heavy (non-hydrogen) atoms. The van der Waals surface area contributed by atoms with Gasteiger partial charge in [0.05, 0.1) is 22.0 Å². The molecular formula is C51H42N2. The van der Waals surface area contributed by atoms with Crippen LogP contribution in [0.15, 0.2) is 151 Å². The highest BCUT2D eigenvalue weighted by atomic mass is 15.1. The molecule has 0 bridgehead atoms. The lowest BCUT2D eigenvalue weighted by Gasteiger charge is -2.30. The van der Waals surface area contributed by atoms with Gasteiger partial charge in [-0.1, -0.05) is 100 Å². The summed E-state index contributed by atoms with van der Waals surface area (Å²) in [5.41, 5.74) is 12.4. The van der Waals surface area contributed by atoms with Crippen molar-refractivity contribution in [3.05, 3.63) is 168 Å². The van der Waals surface area contributed by atoms with Crippen LogP contribution in [-0.2, 0) is 0 Å². The van der Waals surface area contributed by atoms with Crippen LogP contribution in [0.5, 0.6) is 0 Å². The van der Waals surface area contributed by atoms with Gasteiger partial charge in [-0.2, -0.15) is 0 Å². The molecule has 0 saturated carbocycles. The van der Waals surface area contributed by atoms with E-state index < -0.39 is 24.2 Å². The predicted octanol–water partition coefficient (Wildman–Crippen LogP) is 14.8. The Hall–Kier alpha value is -6.12. The van der Waals surface area contributed by atoms with Crippen LogP contribution < -0.4 is 4.90 Å². The van der Waals surface area contributed by atoms with Gasteiger partial charge in [-0.15, -0.1) is 0 Å². The Morgan fingerprint density at radius 1 is 0.509 bits per heavy atom. The molecule has 2 heteroatoms. The molecule has 0 N–H and O–H groups in total. The monoisotopic (exact) mass is 690 g/mol. The van der Waals surface area contributed by atoms with Crippen LogP contribution in [0, 0.1) is 6.92 Å². The maximum atomic E-state index is 8.95.